The number of aliphatic hydroxyl groups excluding tert-OH is 1. The molecule has 4 nitrogen and oxygen atoms in total. The van der Waals surface area contributed by atoms with Crippen LogP contribution >= 0.6 is 11.3 Å². The minimum Gasteiger partial charge on any atom is -0.465 e. The standard InChI is InChI=1S/C21H36O4SSi/c1-21(2,3)27(5,6)25-14-15-10-12-18(22)17(15)9-7-8-16-11-13-19(26-16)20(23)24-4/h11,13,15,17-18,22H,7-10,12,14H2,1-6H3/t15-,17-,18+/m1/s1. The number of methoxy groups -OCH3 is 1. The average molecular weight is 413 g/mol. The average Bonchev–Trinajstić information content (AvgIpc) is 3.19. The monoisotopic (exact) mass is 412 g/mol. The fourth-order valence-electron chi connectivity index (χ4n) is 3.53. The molecule has 3 atom stereocenters. The van der Waals surface area contributed by atoms with Crippen molar-refractivity contribution in [1.29, 1.82) is 0 Å². The second-order valence-corrected chi connectivity index (χ2v) is 15.3. The summed E-state index contributed by atoms with van der Waals surface area (Å²) in [5.41, 5.74) is 0. The van der Waals surface area contributed by atoms with Crippen LogP contribution in [0.5, 0.6) is 0 Å². The predicted octanol–water partition coefficient (Wildman–Crippen LogP) is 5.27. The Morgan fingerprint density at radius 1 is 1.30 bits per heavy atom. The Kier molecular flexibility index (Phi) is 7.70. The highest BCUT2D eigenvalue weighted by atomic mass is 32.1. The minimum absolute atomic E-state index is 0.202. The van der Waals surface area contributed by atoms with E-state index in [9.17, 15) is 9.90 Å². The molecule has 0 bridgehead atoms. The third-order valence-corrected chi connectivity index (χ3v) is 12.0. The largest absolute Gasteiger partial charge is 0.465 e. The van der Waals surface area contributed by atoms with Crippen molar-refractivity contribution in [3.8, 4) is 0 Å². The minimum atomic E-state index is -1.74. The zero-order chi connectivity index (χ0) is 20.2. The van der Waals surface area contributed by atoms with Gasteiger partial charge < -0.3 is 14.3 Å². The van der Waals surface area contributed by atoms with E-state index in [0.717, 1.165) is 38.7 Å². The van der Waals surface area contributed by atoms with Crippen LogP contribution in [0.4, 0.5) is 0 Å². The van der Waals surface area contributed by atoms with Gasteiger partial charge in [0.1, 0.15) is 4.88 Å². The lowest BCUT2D eigenvalue weighted by Gasteiger charge is -2.37. The number of hydrogen-bond acceptors (Lipinski definition) is 5. The van der Waals surface area contributed by atoms with Gasteiger partial charge >= 0.3 is 5.97 Å². The molecule has 1 saturated carbocycles. The van der Waals surface area contributed by atoms with E-state index in [1.54, 1.807) is 0 Å². The van der Waals surface area contributed by atoms with Gasteiger partial charge in [0.15, 0.2) is 8.32 Å². The van der Waals surface area contributed by atoms with Crippen LogP contribution < -0.4 is 0 Å². The number of rotatable bonds is 8. The molecule has 1 fully saturated rings. The third kappa shape index (κ3) is 5.89. The number of ether oxygens (including phenoxy) is 1. The first-order valence-electron chi connectivity index (χ1n) is 10.0. The predicted molar refractivity (Wildman–Crippen MR) is 114 cm³/mol. The van der Waals surface area contributed by atoms with E-state index in [0.29, 0.717) is 16.7 Å². The van der Waals surface area contributed by atoms with Crippen molar-refractivity contribution >= 4 is 25.6 Å². The van der Waals surface area contributed by atoms with Crippen LogP contribution in [0.15, 0.2) is 12.1 Å². The highest BCUT2D eigenvalue weighted by Crippen LogP contribution is 2.40. The highest BCUT2D eigenvalue weighted by Gasteiger charge is 2.40. The Bertz CT molecular complexity index is 620. The molecule has 0 radical (unpaired) electrons. The summed E-state index contributed by atoms with van der Waals surface area (Å²) in [7, 11) is -0.331. The molecule has 0 aliphatic heterocycles. The normalized spacial score (nSPS) is 23.6. The van der Waals surface area contributed by atoms with Gasteiger partial charge in [-0.1, -0.05) is 20.8 Å². The number of thiophene rings is 1. The molecule has 27 heavy (non-hydrogen) atoms. The van der Waals surface area contributed by atoms with E-state index < -0.39 is 8.32 Å². The fourth-order valence-corrected chi connectivity index (χ4v) is 5.56. The Hall–Kier alpha value is -0.693. The molecule has 1 aromatic rings. The summed E-state index contributed by atoms with van der Waals surface area (Å²) >= 11 is 1.51. The molecule has 0 amide bonds. The van der Waals surface area contributed by atoms with Crippen LogP contribution in [-0.4, -0.2) is 39.2 Å². The number of carbonyl (C=O) groups excluding carboxylic acids is 1. The van der Waals surface area contributed by atoms with Gasteiger partial charge in [-0.05, 0) is 74.2 Å². The second kappa shape index (κ2) is 9.20. The van der Waals surface area contributed by atoms with E-state index in [1.165, 1.54) is 23.3 Å². The van der Waals surface area contributed by atoms with Crippen molar-refractivity contribution in [2.75, 3.05) is 13.7 Å². The van der Waals surface area contributed by atoms with Gasteiger partial charge in [-0.3, -0.25) is 0 Å². The van der Waals surface area contributed by atoms with Crippen molar-refractivity contribution < 1.29 is 19.1 Å². The maximum Gasteiger partial charge on any atom is 0.348 e. The van der Waals surface area contributed by atoms with Crippen LogP contribution in [0.3, 0.4) is 0 Å². The number of aliphatic hydroxyl groups is 1. The first-order chi connectivity index (χ1) is 12.5. The lowest BCUT2D eigenvalue weighted by atomic mass is 9.90. The van der Waals surface area contributed by atoms with E-state index >= 15 is 0 Å². The maximum atomic E-state index is 11.6. The Morgan fingerprint density at radius 3 is 2.63 bits per heavy atom. The van der Waals surface area contributed by atoms with E-state index in [1.807, 2.05) is 12.1 Å². The van der Waals surface area contributed by atoms with Gasteiger partial charge in [-0.25, -0.2) is 4.79 Å². The summed E-state index contributed by atoms with van der Waals surface area (Å²) in [5, 5.41) is 10.7. The summed E-state index contributed by atoms with van der Waals surface area (Å²) in [6.07, 6.45) is 4.73. The molecule has 0 saturated heterocycles. The molecular weight excluding hydrogens is 376 g/mol. The summed E-state index contributed by atoms with van der Waals surface area (Å²) in [6, 6.07) is 3.85. The summed E-state index contributed by atoms with van der Waals surface area (Å²) in [5.74, 6) is 0.526. The number of carbonyl (C=O) groups is 1. The highest BCUT2D eigenvalue weighted by molar-refractivity contribution is 7.13. The van der Waals surface area contributed by atoms with Crippen LogP contribution in [-0.2, 0) is 15.6 Å². The van der Waals surface area contributed by atoms with Crippen LogP contribution in [0.1, 0.15) is 61.0 Å². The smallest absolute Gasteiger partial charge is 0.348 e. The molecule has 6 heteroatoms. The van der Waals surface area contributed by atoms with Crippen molar-refractivity contribution in [2.24, 2.45) is 11.8 Å². The molecule has 2 rings (SSSR count). The lowest BCUT2D eigenvalue weighted by molar-refractivity contribution is 0.0606. The van der Waals surface area contributed by atoms with Gasteiger partial charge in [0.05, 0.1) is 13.2 Å². The molecule has 1 heterocycles. The Labute approximate surface area is 169 Å². The van der Waals surface area contributed by atoms with Crippen LogP contribution in [0, 0.1) is 11.8 Å². The van der Waals surface area contributed by atoms with Crippen molar-refractivity contribution in [3.63, 3.8) is 0 Å². The quantitative estimate of drug-likeness (QED) is 0.467. The molecule has 154 valence electrons. The molecule has 0 spiro atoms. The fraction of sp³-hybridized carbons (Fsp3) is 0.762. The van der Waals surface area contributed by atoms with Gasteiger partial charge in [-0.15, -0.1) is 11.3 Å². The molecular formula is C21H36O4SSi. The molecule has 0 unspecified atom stereocenters. The number of hydrogen-bond donors (Lipinski definition) is 1. The van der Waals surface area contributed by atoms with Crippen molar-refractivity contribution in [2.45, 2.75) is 77.1 Å². The molecule has 1 N–H and O–H groups in total. The van der Waals surface area contributed by atoms with Gasteiger partial charge in [0, 0.05) is 11.5 Å². The third-order valence-electron chi connectivity index (χ3n) is 6.41. The second-order valence-electron chi connectivity index (χ2n) is 9.29. The molecule has 1 aromatic heterocycles. The van der Waals surface area contributed by atoms with Crippen LogP contribution in [0.2, 0.25) is 18.1 Å². The maximum absolute atomic E-state index is 11.6. The van der Waals surface area contributed by atoms with Gasteiger partial charge in [0.2, 0.25) is 0 Å². The van der Waals surface area contributed by atoms with E-state index in [-0.39, 0.29) is 17.1 Å². The van der Waals surface area contributed by atoms with Gasteiger partial charge in [0.25, 0.3) is 0 Å². The molecule has 1 aliphatic rings. The topological polar surface area (TPSA) is 55.8 Å². The first-order valence-corrected chi connectivity index (χ1v) is 13.8. The zero-order valence-corrected chi connectivity index (χ0v) is 19.5. The van der Waals surface area contributed by atoms with Crippen molar-refractivity contribution in [3.05, 3.63) is 21.9 Å². The molecule has 0 aromatic carbocycles. The van der Waals surface area contributed by atoms with Crippen LogP contribution in [0.25, 0.3) is 0 Å². The number of esters is 1. The zero-order valence-electron chi connectivity index (χ0n) is 17.7. The van der Waals surface area contributed by atoms with E-state index in [2.05, 4.69) is 33.9 Å². The number of aryl methyl sites for hydroxylation is 1. The van der Waals surface area contributed by atoms with Gasteiger partial charge in [-0.2, -0.15) is 0 Å². The van der Waals surface area contributed by atoms with Crippen molar-refractivity contribution in [1.82, 2.24) is 0 Å². The SMILES string of the molecule is COC(=O)c1ccc(CCC[C@@H]2[C@@H](CO[Si](C)(C)C(C)(C)C)CC[C@@H]2O)s1. The molecule has 1 aliphatic carbocycles. The summed E-state index contributed by atoms with van der Waals surface area (Å²) in [6.45, 7) is 12.2. The Balaban J connectivity index is 1.85. The van der Waals surface area contributed by atoms with E-state index in [4.69, 9.17) is 9.16 Å². The Morgan fingerprint density at radius 2 is 2.00 bits per heavy atom. The first kappa shape index (κ1) is 22.6. The summed E-state index contributed by atoms with van der Waals surface area (Å²) < 4.78 is 11.2. The summed E-state index contributed by atoms with van der Waals surface area (Å²) in [4.78, 5) is 13.4. The lowest BCUT2D eigenvalue weighted by Crippen LogP contribution is -2.42.